The largest absolute Gasteiger partial charge is 0.478 e. The Hall–Kier alpha value is -2.75. The summed E-state index contributed by atoms with van der Waals surface area (Å²) >= 11 is 0. The number of para-hydroxylation sites is 1. The van der Waals surface area contributed by atoms with Crippen molar-refractivity contribution in [1.82, 2.24) is 4.98 Å². The number of carboxylic acid groups (broad SMARTS) is 1. The number of carboxylic acids is 1. The first-order valence-electron chi connectivity index (χ1n) is 6.03. The average molecular weight is 267 g/mol. The highest BCUT2D eigenvalue weighted by Crippen LogP contribution is 2.27. The predicted octanol–water partition coefficient (Wildman–Crippen LogP) is 3.74. The lowest BCUT2D eigenvalue weighted by atomic mass is 10.0. The van der Waals surface area contributed by atoms with Crippen molar-refractivity contribution in [2.24, 2.45) is 0 Å². The van der Waals surface area contributed by atoms with E-state index in [1.807, 2.05) is 18.2 Å². The van der Waals surface area contributed by atoms with Crippen LogP contribution >= 0.6 is 0 Å². The Balaban J connectivity index is 2.21. The van der Waals surface area contributed by atoms with E-state index in [1.165, 1.54) is 18.3 Å². The van der Waals surface area contributed by atoms with Gasteiger partial charge in [-0.1, -0.05) is 30.3 Å². The number of aromatic nitrogens is 1. The van der Waals surface area contributed by atoms with Crippen molar-refractivity contribution < 1.29 is 14.3 Å². The third-order valence-corrected chi connectivity index (χ3v) is 3.11. The highest BCUT2D eigenvalue weighted by molar-refractivity contribution is 5.97. The Bertz CT molecular complexity index is 797. The summed E-state index contributed by atoms with van der Waals surface area (Å²) in [5.41, 5.74) is 2.53. The summed E-state index contributed by atoms with van der Waals surface area (Å²) < 4.78 is 13.0. The molecular weight excluding hydrogens is 257 g/mol. The molecule has 0 fully saturated rings. The number of hydrogen-bond donors (Lipinski definition) is 1. The van der Waals surface area contributed by atoms with E-state index >= 15 is 0 Å². The molecule has 1 N–H and O–H groups in total. The van der Waals surface area contributed by atoms with Gasteiger partial charge < -0.3 is 5.11 Å². The molecule has 3 aromatic rings. The molecule has 0 spiro atoms. The molecule has 0 atom stereocenters. The summed E-state index contributed by atoms with van der Waals surface area (Å²) in [7, 11) is 0. The molecule has 0 aliphatic heterocycles. The number of carbonyl (C=O) groups is 1. The summed E-state index contributed by atoms with van der Waals surface area (Å²) in [4.78, 5) is 15.2. The standard InChI is InChI=1S/C16H10FNO2/c17-13-6-4-10(5-7-13)14-3-1-2-11-8-12(16(19)20)9-18-15(11)14/h1-9H,(H,19,20). The Morgan fingerprint density at radius 1 is 1.10 bits per heavy atom. The topological polar surface area (TPSA) is 50.2 Å². The van der Waals surface area contributed by atoms with Gasteiger partial charge in [-0.05, 0) is 23.8 Å². The highest BCUT2D eigenvalue weighted by atomic mass is 19.1. The van der Waals surface area contributed by atoms with Crippen molar-refractivity contribution >= 4 is 16.9 Å². The van der Waals surface area contributed by atoms with Crippen molar-refractivity contribution in [3.05, 3.63) is 66.1 Å². The first-order valence-corrected chi connectivity index (χ1v) is 6.03. The molecule has 1 heterocycles. The van der Waals surface area contributed by atoms with E-state index in [2.05, 4.69) is 4.98 Å². The summed E-state index contributed by atoms with van der Waals surface area (Å²) in [6.45, 7) is 0. The van der Waals surface area contributed by atoms with Gasteiger partial charge in [0.2, 0.25) is 0 Å². The number of rotatable bonds is 2. The lowest BCUT2D eigenvalue weighted by molar-refractivity contribution is 0.0696. The Morgan fingerprint density at radius 3 is 2.55 bits per heavy atom. The van der Waals surface area contributed by atoms with Crippen LogP contribution in [0.5, 0.6) is 0 Å². The molecule has 98 valence electrons. The van der Waals surface area contributed by atoms with E-state index in [9.17, 15) is 9.18 Å². The van der Waals surface area contributed by atoms with Crippen LogP contribution in [0.4, 0.5) is 4.39 Å². The smallest absolute Gasteiger partial charge is 0.337 e. The molecule has 0 bridgehead atoms. The third-order valence-electron chi connectivity index (χ3n) is 3.11. The minimum absolute atomic E-state index is 0.147. The molecule has 0 saturated heterocycles. The lowest BCUT2D eigenvalue weighted by Crippen LogP contribution is -1.97. The molecule has 1 aromatic heterocycles. The van der Waals surface area contributed by atoms with Gasteiger partial charge in [0.25, 0.3) is 0 Å². The van der Waals surface area contributed by atoms with Gasteiger partial charge in [0.15, 0.2) is 0 Å². The molecule has 3 rings (SSSR count). The fourth-order valence-corrected chi connectivity index (χ4v) is 2.14. The number of pyridine rings is 1. The molecule has 2 aromatic carbocycles. The van der Waals surface area contributed by atoms with E-state index in [1.54, 1.807) is 18.2 Å². The number of aromatic carboxylic acids is 1. The van der Waals surface area contributed by atoms with Crippen LogP contribution in [0, 0.1) is 5.82 Å². The number of benzene rings is 2. The zero-order valence-electron chi connectivity index (χ0n) is 10.4. The third kappa shape index (κ3) is 2.12. The van der Waals surface area contributed by atoms with Gasteiger partial charge in [-0.3, -0.25) is 4.98 Å². The minimum Gasteiger partial charge on any atom is -0.478 e. The summed E-state index contributed by atoms with van der Waals surface area (Å²) in [6.07, 6.45) is 1.33. The first-order chi connectivity index (χ1) is 9.65. The SMILES string of the molecule is O=C(O)c1cnc2c(-c3ccc(F)cc3)cccc2c1. The number of hydrogen-bond acceptors (Lipinski definition) is 2. The molecule has 0 aliphatic carbocycles. The van der Waals surface area contributed by atoms with Crippen LogP contribution in [0.3, 0.4) is 0 Å². The fraction of sp³-hybridized carbons (Fsp3) is 0. The van der Waals surface area contributed by atoms with Gasteiger partial charge in [0.1, 0.15) is 5.82 Å². The average Bonchev–Trinajstić information content (AvgIpc) is 2.47. The summed E-state index contributed by atoms with van der Waals surface area (Å²) in [5.74, 6) is -1.30. The van der Waals surface area contributed by atoms with Gasteiger partial charge >= 0.3 is 5.97 Å². The molecule has 0 radical (unpaired) electrons. The fourth-order valence-electron chi connectivity index (χ4n) is 2.14. The van der Waals surface area contributed by atoms with E-state index < -0.39 is 5.97 Å². The van der Waals surface area contributed by atoms with Gasteiger partial charge in [-0.25, -0.2) is 9.18 Å². The van der Waals surface area contributed by atoms with Gasteiger partial charge in [0.05, 0.1) is 11.1 Å². The van der Waals surface area contributed by atoms with Gasteiger partial charge in [-0.15, -0.1) is 0 Å². The van der Waals surface area contributed by atoms with Crippen molar-refractivity contribution in [3.8, 4) is 11.1 Å². The summed E-state index contributed by atoms with van der Waals surface area (Å²) in [6, 6.07) is 13.2. The van der Waals surface area contributed by atoms with Crippen LogP contribution in [0.25, 0.3) is 22.0 Å². The maximum atomic E-state index is 13.0. The number of halogens is 1. The van der Waals surface area contributed by atoms with Crippen LogP contribution in [-0.2, 0) is 0 Å². The van der Waals surface area contributed by atoms with E-state index in [0.717, 1.165) is 16.5 Å². The zero-order valence-corrected chi connectivity index (χ0v) is 10.4. The molecule has 0 amide bonds. The van der Waals surface area contributed by atoms with Gasteiger partial charge in [-0.2, -0.15) is 0 Å². The van der Waals surface area contributed by atoms with E-state index in [0.29, 0.717) is 5.52 Å². The second-order valence-corrected chi connectivity index (χ2v) is 4.41. The van der Waals surface area contributed by atoms with E-state index in [-0.39, 0.29) is 11.4 Å². The normalized spacial score (nSPS) is 10.7. The van der Waals surface area contributed by atoms with Crippen LogP contribution in [0.2, 0.25) is 0 Å². The molecule has 0 saturated carbocycles. The van der Waals surface area contributed by atoms with Crippen molar-refractivity contribution in [2.45, 2.75) is 0 Å². The first kappa shape index (κ1) is 12.3. The molecule has 4 heteroatoms. The second-order valence-electron chi connectivity index (χ2n) is 4.41. The van der Waals surface area contributed by atoms with Crippen LogP contribution in [-0.4, -0.2) is 16.1 Å². The van der Waals surface area contributed by atoms with Crippen molar-refractivity contribution in [3.63, 3.8) is 0 Å². The molecule has 20 heavy (non-hydrogen) atoms. The van der Waals surface area contributed by atoms with Crippen molar-refractivity contribution in [1.29, 1.82) is 0 Å². The van der Waals surface area contributed by atoms with Crippen LogP contribution < -0.4 is 0 Å². The Morgan fingerprint density at radius 2 is 1.85 bits per heavy atom. The molecule has 0 aliphatic rings. The predicted molar refractivity (Wildman–Crippen MR) is 74.1 cm³/mol. The number of nitrogens with zero attached hydrogens (tertiary/aromatic N) is 1. The minimum atomic E-state index is -1.01. The highest BCUT2D eigenvalue weighted by Gasteiger charge is 2.08. The maximum Gasteiger partial charge on any atom is 0.337 e. The number of fused-ring (bicyclic) bond motifs is 1. The molecule has 3 nitrogen and oxygen atoms in total. The molecular formula is C16H10FNO2. The Labute approximate surface area is 114 Å². The van der Waals surface area contributed by atoms with Gasteiger partial charge in [0, 0.05) is 17.1 Å². The van der Waals surface area contributed by atoms with Crippen molar-refractivity contribution in [2.75, 3.05) is 0 Å². The second kappa shape index (κ2) is 4.74. The quantitative estimate of drug-likeness (QED) is 0.769. The Kier molecular flexibility index (Phi) is 2.91. The zero-order chi connectivity index (χ0) is 14.1. The monoisotopic (exact) mass is 267 g/mol. The van der Waals surface area contributed by atoms with E-state index in [4.69, 9.17) is 5.11 Å². The summed E-state index contributed by atoms with van der Waals surface area (Å²) in [5, 5.41) is 9.72. The maximum absolute atomic E-state index is 13.0. The van der Waals surface area contributed by atoms with Crippen LogP contribution in [0.15, 0.2) is 54.7 Å². The molecule has 0 unspecified atom stereocenters. The van der Waals surface area contributed by atoms with Crippen LogP contribution in [0.1, 0.15) is 10.4 Å². The lowest BCUT2D eigenvalue weighted by Gasteiger charge is -2.06.